The Balaban J connectivity index is 1.48. The standard InChI is InChI=1S/C12H21N3S/c1-2-9-8-16-12(13-9)14-10-5-6-15(7-10)11-3-4-11/h9-11H,2-8H2,1H3,(H,13,14). The van der Waals surface area contributed by atoms with Gasteiger partial charge >= 0.3 is 0 Å². The highest BCUT2D eigenvalue weighted by Crippen LogP contribution is 2.30. The molecule has 0 amide bonds. The molecule has 2 heterocycles. The fourth-order valence-electron chi connectivity index (χ4n) is 2.55. The van der Waals surface area contributed by atoms with Crippen LogP contribution in [0.15, 0.2) is 4.99 Å². The fourth-order valence-corrected chi connectivity index (χ4v) is 3.69. The summed E-state index contributed by atoms with van der Waals surface area (Å²) in [6, 6.07) is 2.14. The molecule has 4 heteroatoms. The summed E-state index contributed by atoms with van der Waals surface area (Å²) in [4.78, 5) is 7.35. The van der Waals surface area contributed by atoms with Crippen LogP contribution in [0.5, 0.6) is 0 Å². The maximum absolute atomic E-state index is 4.71. The molecule has 0 bridgehead atoms. The van der Waals surface area contributed by atoms with Gasteiger partial charge in [-0.3, -0.25) is 9.89 Å². The Morgan fingerprint density at radius 3 is 3.00 bits per heavy atom. The molecule has 2 fully saturated rings. The zero-order chi connectivity index (χ0) is 11.0. The second-order valence-corrected chi connectivity index (χ2v) is 6.17. The normalized spacial score (nSPS) is 35.4. The average molecular weight is 239 g/mol. The molecule has 2 unspecified atom stereocenters. The predicted octanol–water partition coefficient (Wildman–Crippen LogP) is 1.69. The Labute approximate surface area is 102 Å². The van der Waals surface area contributed by atoms with E-state index >= 15 is 0 Å². The number of thioether (sulfide) groups is 1. The zero-order valence-electron chi connectivity index (χ0n) is 9.98. The lowest BCUT2D eigenvalue weighted by atomic mass is 10.3. The molecule has 0 aromatic heterocycles. The summed E-state index contributed by atoms with van der Waals surface area (Å²) in [6.45, 7) is 4.75. The van der Waals surface area contributed by atoms with Crippen molar-refractivity contribution in [3.05, 3.63) is 0 Å². The topological polar surface area (TPSA) is 27.6 Å². The van der Waals surface area contributed by atoms with E-state index in [0.717, 1.165) is 6.04 Å². The predicted molar refractivity (Wildman–Crippen MR) is 70.1 cm³/mol. The van der Waals surface area contributed by atoms with Crippen LogP contribution in [-0.4, -0.2) is 47.0 Å². The summed E-state index contributed by atoms with van der Waals surface area (Å²) in [5.74, 6) is 1.18. The molecule has 0 spiro atoms. The van der Waals surface area contributed by atoms with Gasteiger partial charge in [-0.2, -0.15) is 0 Å². The van der Waals surface area contributed by atoms with E-state index in [2.05, 4.69) is 17.1 Å². The third-order valence-corrected chi connectivity index (χ3v) is 4.84. The van der Waals surface area contributed by atoms with Gasteiger partial charge in [-0.25, -0.2) is 0 Å². The van der Waals surface area contributed by atoms with E-state index in [-0.39, 0.29) is 0 Å². The van der Waals surface area contributed by atoms with Crippen LogP contribution in [0.3, 0.4) is 0 Å². The van der Waals surface area contributed by atoms with E-state index in [9.17, 15) is 0 Å². The van der Waals surface area contributed by atoms with Crippen molar-refractivity contribution in [3.8, 4) is 0 Å². The van der Waals surface area contributed by atoms with E-state index in [1.54, 1.807) is 0 Å². The monoisotopic (exact) mass is 239 g/mol. The highest BCUT2D eigenvalue weighted by molar-refractivity contribution is 8.14. The summed E-state index contributed by atoms with van der Waals surface area (Å²) < 4.78 is 0. The number of hydrogen-bond acceptors (Lipinski definition) is 4. The van der Waals surface area contributed by atoms with Crippen molar-refractivity contribution >= 4 is 16.9 Å². The van der Waals surface area contributed by atoms with E-state index in [1.165, 1.54) is 49.7 Å². The quantitative estimate of drug-likeness (QED) is 0.812. The number of rotatable bonds is 3. The molecule has 3 aliphatic rings. The summed E-state index contributed by atoms with van der Waals surface area (Å²) in [6.07, 6.45) is 5.34. The lowest BCUT2D eigenvalue weighted by Crippen LogP contribution is -2.35. The zero-order valence-corrected chi connectivity index (χ0v) is 10.8. The summed E-state index contributed by atoms with van der Waals surface area (Å²) in [7, 11) is 0. The molecule has 1 N–H and O–H groups in total. The third-order valence-electron chi connectivity index (χ3n) is 3.79. The number of likely N-dealkylation sites (tertiary alicyclic amines) is 1. The van der Waals surface area contributed by atoms with Crippen molar-refractivity contribution in [2.24, 2.45) is 4.99 Å². The van der Waals surface area contributed by atoms with Crippen LogP contribution in [-0.2, 0) is 0 Å². The first kappa shape index (κ1) is 10.9. The van der Waals surface area contributed by atoms with Gasteiger partial charge in [0.1, 0.15) is 0 Å². The Morgan fingerprint density at radius 2 is 2.31 bits per heavy atom. The molecule has 3 rings (SSSR count). The molecule has 16 heavy (non-hydrogen) atoms. The average Bonchev–Trinajstić information content (AvgIpc) is 2.88. The molecule has 1 aliphatic carbocycles. The Morgan fingerprint density at radius 1 is 1.44 bits per heavy atom. The molecule has 0 radical (unpaired) electrons. The van der Waals surface area contributed by atoms with Gasteiger partial charge in [0.05, 0.1) is 6.04 Å². The SMILES string of the molecule is CCC1CSC(NC2CCN(C3CC3)C2)=N1. The molecule has 2 aliphatic heterocycles. The molecule has 3 nitrogen and oxygen atoms in total. The first-order chi connectivity index (χ1) is 7.85. The second kappa shape index (κ2) is 4.57. The number of nitrogens with zero attached hydrogens (tertiary/aromatic N) is 2. The molecule has 0 aromatic carbocycles. The third kappa shape index (κ3) is 2.38. The maximum atomic E-state index is 4.71. The van der Waals surface area contributed by atoms with Crippen molar-refractivity contribution < 1.29 is 0 Å². The minimum Gasteiger partial charge on any atom is -0.361 e. The van der Waals surface area contributed by atoms with Crippen molar-refractivity contribution in [3.63, 3.8) is 0 Å². The first-order valence-electron chi connectivity index (χ1n) is 6.56. The summed E-state index contributed by atoms with van der Waals surface area (Å²) >= 11 is 1.91. The maximum Gasteiger partial charge on any atom is 0.157 e. The van der Waals surface area contributed by atoms with Crippen LogP contribution in [0.1, 0.15) is 32.6 Å². The lowest BCUT2D eigenvalue weighted by Gasteiger charge is -2.16. The lowest BCUT2D eigenvalue weighted by molar-refractivity contribution is 0.322. The molecular formula is C12H21N3S. The van der Waals surface area contributed by atoms with Gasteiger partial charge in [0.2, 0.25) is 0 Å². The van der Waals surface area contributed by atoms with Gasteiger partial charge in [-0.1, -0.05) is 18.7 Å². The highest BCUT2D eigenvalue weighted by Gasteiger charge is 2.34. The molecule has 90 valence electrons. The van der Waals surface area contributed by atoms with Crippen LogP contribution >= 0.6 is 11.8 Å². The highest BCUT2D eigenvalue weighted by atomic mass is 32.2. The Bertz CT molecular complexity index is 288. The molecular weight excluding hydrogens is 218 g/mol. The number of amidine groups is 1. The van der Waals surface area contributed by atoms with Gasteiger partial charge < -0.3 is 5.32 Å². The van der Waals surface area contributed by atoms with Crippen LogP contribution in [0.4, 0.5) is 0 Å². The van der Waals surface area contributed by atoms with Crippen molar-refractivity contribution in [1.29, 1.82) is 0 Å². The number of hydrogen-bond donors (Lipinski definition) is 1. The van der Waals surface area contributed by atoms with Gasteiger partial charge in [-0.05, 0) is 25.7 Å². The van der Waals surface area contributed by atoms with Crippen LogP contribution in [0, 0.1) is 0 Å². The van der Waals surface area contributed by atoms with Gasteiger partial charge in [0.25, 0.3) is 0 Å². The van der Waals surface area contributed by atoms with E-state index < -0.39 is 0 Å². The number of nitrogens with one attached hydrogen (secondary N) is 1. The molecule has 1 saturated carbocycles. The van der Waals surface area contributed by atoms with E-state index in [4.69, 9.17) is 4.99 Å². The largest absolute Gasteiger partial charge is 0.361 e. The Kier molecular flexibility index (Phi) is 3.11. The smallest absolute Gasteiger partial charge is 0.157 e. The van der Waals surface area contributed by atoms with Crippen LogP contribution in [0.25, 0.3) is 0 Å². The molecule has 2 atom stereocenters. The molecule has 0 aromatic rings. The van der Waals surface area contributed by atoms with Crippen molar-refractivity contribution in [1.82, 2.24) is 10.2 Å². The van der Waals surface area contributed by atoms with Crippen molar-refractivity contribution in [2.45, 2.75) is 50.7 Å². The summed E-state index contributed by atoms with van der Waals surface area (Å²) in [5.41, 5.74) is 0. The first-order valence-corrected chi connectivity index (χ1v) is 7.55. The molecule has 1 saturated heterocycles. The minimum absolute atomic E-state index is 0.563. The van der Waals surface area contributed by atoms with Gasteiger partial charge in [0, 0.05) is 30.9 Å². The van der Waals surface area contributed by atoms with E-state index in [1.807, 2.05) is 11.8 Å². The van der Waals surface area contributed by atoms with Gasteiger partial charge in [0.15, 0.2) is 5.17 Å². The Hall–Kier alpha value is -0.220. The minimum atomic E-state index is 0.563. The fraction of sp³-hybridized carbons (Fsp3) is 0.917. The van der Waals surface area contributed by atoms with Gasteiger partial charge in [-0.15, -0.1) is 0 Å². The number of aliphatic imine (C=N–C) groups is 1. The summed E-state index contributed by atoms with van der Waals surface area (Å²) in [5, 5.41) is 4.83. The van der Waals surface area contributed by atoms with Crippen LogP contribution in [0.2, 0.25) is 0 Å². The van der Waals surface area contributed by atoms with E-state index in [0.29, 0.717) is 12.1 Å². The van der Waals surface area contributed by atoms with Crippen LogP contribution < -0.4 is 5.32 Å². The van der Waals surface area contributed by atoms with Crippen molar-refractivity contribution in [2.75, 3.05) is 18.8 Å². The second-order valence-electron chi connectivity index (χ2n) is 5.16.